The number of hydrogen-bond donors (Lipinski definition) is 0. The highest BCUT2D eigenvalue weighted by Gasteiger charge is 2.63. The van der Waals surface area contributed by atoms with E-state index in [0.29, 0.717) is 25.3 Å². The Bertz CT molecular complexity index is 1070. The Morgan fingerprint density at radius 2 is 2.03 bits per heavy atom. The number of fused-ring (bicyclic) bond motifs is 1. The maximum atomic E-state index is 13.2. The molecule has 1 aliphatic carbocycles. The molecule has 3 fully saturated rings. The van der Waals surface area contributed by atoms with Crippen LogP contribution in [0.1, 0.15) is 43.0 Å². The zero-order valence-corrected chi connectivity index (χ0v) is 16.8. The molecule has 1 amide bonds. The fraction of sp³-hybridized carbons (Fsp3) is 0.409. The normalized spacial score (nSPS) is 29.4. The molecular formula is C22H21N5O4. The van der Waals surface area contributed by atoms with Crippen LogP contribution in [0.2, 0.25) is 0 Å². The molecule has 0 bridgehead atoms. The van der Waals surface area contributed by atoms with Crippen molar-refractivity contribution >= 4 is 5.91 Å². The third kappa shape index (κ3) is 3.12. The summed E-state index contributed by atoms with van der Waals surface area (Å²) in [6.45, 7) is 0.481. The second kappa shape index (κ2) is 7.21. The maximum Gasteiger partial charge on any atom is 0.257 e. The minimum Gasteiger partial charge on any atom is -0.423 e. The van der Waals surface area contributed by atoms with Crippen molar-refractivity contribution in [2.24, 2.45) is 0 Å². The molecule has 158 valence electrons. The van der Waals surface area contributed by atoms with E-state index in [9.17, 15) is 4.79 Å². The first-order valence-electron chi connectivity index (χ1n) is 10.5. The average Bonchev–Trinajstić information content (AvgIpc) is 3.50. The van der Waals surface area contributed by atoms with Gasteiger partial charge in [0.25, 0.3) is 5.91 Å². The average molecular weight is 419 g/mol. The number of amides is 1. The van der Waals surface area contributed by atoms with E-state index in [1.807, 2.05) is 29.2 Å². The van der Waals surface area contributed by atoms with Gasteiger partial charge in [0.15, 0.2) is 5.60 Å². The lowest BCUT2D eigenvalue weighted by Crippen LogP contribution is -2.54. The van der Waals surface area contributed by atoms with Crippen molar-refractivity contribution < 1.29 is 18.7 Å². The van der Waals surface area contributed by atoms with Crippen molar-refractivity contribution in [3.63, 3.8) is 0 Å². The van der Waals surface area contributed by atoms with Gasteiger partial charge in [-0.15, -0.1) is 10.2 Å². The first kappa shape index (κ1) is 18.6. The molecule has 3 aliphatic rings. The van der Waals surface area contributed by atoms with Crippen molar-refractivity contribution in [3.8, 4) is 11.5 Å². The van der Waals surface area contributed by atoms with Crippen molar-refractivity contribution in [2.75, 3.05) is 0 Å². The van der Waals surface area contributed by atoms with Crippen LogP contribution in [0.25, 0.3) is 11.5 Å². The molecule has 2 saturated heterocycles. The van der Waals surface area contributed by atoms with E-state index in [-0.39, 0.29) is 24.3 Å². The standard InChI is InChI=1S/C22H21N5O4/c28-21-22(31-19-6-5-18(27(19)21)17-11-23-7-8-24-17)9-16(10-22)29-12-14-1-3-15(4-2-14)20-26-25-13-30-20/h1-4,7-8,11,13,16,18-19H,5-6,9-10,12H2/t16?,18-,19+,22?/m0/s1. The summed E-state index contributed by atoms with van der Waals surface area (Å²) >= 11 is 0. The number of carbonyl (C=O) groups excluding carboxylic acids is 1. The van der Waals surface area contributed by atoms with E-state index in [2.05, 4.69) is 20.2 Å². The summed E-state index contributed by atoms with van der Waals surface area (Å²) in [5.41, 5.74) is 2.01. The molecule has 2 aliphatic heterocycles. The van der Waals surface area contributed by atoms with Crippen molar-refractivity contribution in [3.05, 3.63) is 60.5 Å². The van der Waals surface area contributed by atoms with E-state index in [1.165, 1.54) is 6.39 Å². The number of benzene rings is 1. The zero-order chi connectivity index (χ0) is 20.8. The fourth-order valence-corrected chi connectivity index (χ4v) is 4.81. The SMILES string of the molecule is O=C1N2[C@@H](CC[C@H]2c2cnccn2)OC12CC(OCc1ccc(-c3nnco3)cc1)C2. The molecule has 2 atom stereocenters. The summed E-state index contributed by atoms with van der Waals surface area (Å²) < 4.78 is 17.5. The Labute approximate surface area is 178 Å². The highest BCUT2D eigenvalue weighted by Crippen LogP contribution is 2.51. The first-order chi connectivity index (χ1) is 15.2. The summed E-state index contributed by atoms with van der Waals surface area (Å²) in [4.78, 5) is 23.6. The molecule has 0 unspecified atom stereocenters. The largest absolute Gasteiger partial charge is 0.423 e. The minimum atomic E-state index is -0.738. The van der Waals surface area contributed by atoms with E-state index in [1.54, 1.807) is 18.6 Å². The third-order valence-electron chi connectivity index (χ3n) is 6.40. The molecule has 9 nitrogen and oxygen atoms in total. The van der Waals surface area contributed by atoms with Gasteiger partial charge in [-0.05, 0) is 30.5 Å². The monoisotopic (exact) mass is 419 g/mol. The van der Waals surface area contributed by atoms with E-state index >= 15 is 0 Å². The highest BCUT2D eigenvalue weighted by atomic mass is 16.6. The summed E-state index contributed by atoms with van der Waals surface area (Å²) in [5.74, 6) is 0.556. The topological polar surface area (TPSA) is 103 Å². The van der Waals surface area contributed by atoms with Crippen LogP contribution in [-0.2, 0) is 20.9 Å². The number of aromatic nitrogens is 4. The Hall–Kier alpha value is -3.17. The summed E-state index contributed by atoms with van der Waals surface area (Å²) in [7, 11) is 0. The predicted molar refractivity (Wildman–Crippen MR) is 106 cm³/mol. The third-order valence-corrected chi connectivity index (χ3v) is 6.40. The smallest absolute Gasteiger partial charge is 0.257 e. The quantitative estimate of drug-likeness (QED) is 0.622. The molecule has 2 aromatic heterocycles. The molecule has 4 heterocycles. The van der Waals surface area contributed by atoms with Crippen LogP contribution in [0.4, 0.5) is 0 Å². The van der Waals surface area contributed by atoms with Gasteiger partial charge in [-0.2, -0.15) is 0 Å². The number of nitrogens with zero attached hydrogens (tertiary/aromatic N) is 5. The lowest BCUT2D eigenvalue weighted by atomic mass is 9.76. The van der Waals surface area contributed by atoms with E-state index in [4.69, 9.17) is 13.9 Å². The van der Waals surface area contributed by atoms with Crippen molar-refractivity contribution in [1.29, 1.82) is 0 Å². The second-order valence-electron chi connectivity index (χ2n) is 8.28. The molecule has 9 heteroatoms. The molecule has 0 N–H and O–H groups in total. The number of hydrogen-bond acceptors (Lipinski definition) is 8. The van der Waals surface area contributed by atoms with Gasteiger partial charge < -0.3 is 18.8 Å². The minimum absolute atomic E-state index is 0.00885. The Morgan fingerprint density at radius 3 is 2.77 bits per heavy atom. The van der Waals surface area contributed by atoms with Gasteiger partial charge in [-0.1, -0.05) is 12.1 Å². The molecule has 1 aromatic carbocycles. The summed E-state index contributed by atoms with van der Waals surface area (Å²) in [6.07, 6.45) is 9.06. The molecule has 1 spiro atoms. The zero-order valence-electron chi connectivity index (χ0n) is 16.8. The molecule has 3 aromatic rings. The van der Waals surface area contributed by atoms with Gasteiger partial charge >= 0.3 is 0 Å². The van der Waals surface area contributed by atoms with Crippen molar-refractivity contribution in [1.82, 2.24) is 25.1 Å². The fourth-order valence-electron chi connectivity index (χ4n) is 4.81. The van der Waals surface area contributed by atoms with Crippen molar-refractivity contribution in [2.45, 2.75) is 56.3 Å². The summed E-state index contributed by atoms with van der Waals surface area (Å²) in [5, 5.41) is 7.60. The molecule has 31 heavy (non-hydrogen) atoms. The van der Waals surface area contributed by atoms with Crippen LogP contribution in [-0.4, -0.2) is 48.9 Å². The van der Waals surface area contributed by atoms with Crippen LogP contribution in [0.3, 0.4) is 0 Å². The lowest BCUT2D eigenvalue weighted by Gasteiger charge is -2.42. The second-order valence-corrected chi connectivity index (χ2v) is 8.28. The van der Waals surface area contributed by atoms with Gasteiger partial charge in [0.05, 0.1) is 30.6 Å². The van der Waals surface area contributed by atoms with Crippen LogP contribution in [0.15, 0.2) is 53.7 Å². The Kier molecular flexibility index (Phi) is 4.32. The lowest BCUT2D eigenvalue weighted by molar-refractivity contribution is -0.177. The van der Waals surface area contributed by atoms with Crippen LogP contribution >= 0.6 is 0 Å². The van der Waals surface area contributed by atoms with Gasteiger partial charge in [0.2, 0.25) is 12.3 Å². The van der Waals surface area contributed by atoms with Gasteiger partial charge in [0, 0.05) is 30.8 Å². The van der Waals surface area contributed by atoms with Gasteiger partial charge in [-0.25, -0.2) is 0 Å². The van der Waals surface area contributed by atoms with Crippen LogP contribution in [0, 0.1) is 0 Å². The van der Waals surface area contributed by atoms with Crippen LogP contribution < -0.4 is 0 Å². The molecular weight excluding hydrogens is 398 g/mol. The van der Waals surface area contributed by atoms with E-state index < -0.39 is 5.60 Å². The molecule has 0 radical (unpaired) electrons. The molecule has 6 rings (SSSR count). The first-order valence-corrected chi connectivity index (χ1v) is 10.5. The molecule has 1 saturated carbocycles. The maximum absolute atomic E-state index is 13.2. The Balaban J connectivity index is 1.06. The Morgan fingerprint density at radius 1 is 1.16 bits per heavy atom. The van der Waals surface area contributed by atoms with Crippen LogP contribution in [0.5, 0.6) is 0 Å². The number of rotatable bonds is 5. The van der Waals surface area contributed by atoms with E-state index in [0.717, 1.165) is 29.7 Å². The highest BCUT2D eigenvalue weighted by molar-refractivity contribution is 5.89. The number of carbonyl (C=O) groups is 1. The van der Waals surface area contributed by atoms with Gasteiger partial charge in [-0.3, -0.25) is 14.8 Å². The van der Waals surface area contributed by atoms with Gasteiger partial charge in [0.1, 0.15) is 6.23 Å². The number of ether oxygens (including phenoxy) is 2. The predicted octanol–water partition coefficient (Wildman–Crippen LogP) is 2.66. The summed E-state index contributed by atoms with van der Waals surface area (Å²) in [6, 6.07) is 7.76.